The van der Waals surface area contributed by atoms with Crippen LogP contribution in [0.5, 0.6) is 0 Å². The van der Waals surface area contributed by atoms with Gasteiger partial charge in [0, 0.05) is 19.1 Å². The molecule has 0 spiro atoms. The smallest absolute Gasteiger partial charge is 0.240 e. The molecule has 0 bridgehead atoms. The summed E-state index contributed by atoms with van der Waals surface area (Å²) in [6.45, 7) is 5.89. The average Bonchev–Trinajstić information content (AvgIpc) is 3.10. The summed E-state index contributed by atoms with van der Waals surface area (Å²) < 4.78 is 0. The highest BCUT2D eigenvalue weighted by Crippen LogP contribution is 2.24. The number of hydrogen-bond donors (Lipinski definition) is 0. The third kappa shape index (κ3) is 3.47. The minimum absolute atomic E-state index is 0.0297. The van der Waals surface area contributed by atoms with E-state index in [-0.39, 0.29) is 6.04 Å². The Hall–Kier alpha value is -1.05. The van der Waals surface area contributed by atoms with Crippen molar-refractivity contribution in [2.45, 2.75) is 57.0 Å². The van der Waals surface area contributed by atoms with Crippen LogP contribution in [0, 0.1) is 12.3 Å². The molecule has 1 amide bonds. The Morgan fingerprint density at radius 3 is 2.55 bits per heavy atom. The van der Waals surface area contributed by atoms with Crippen LogP contribution >= 0.6 is 0 Å². The number of nitrogens with zero attached hydrogens (tertiary/aromatic N) is 3. The van der Waals surface area contributed by atoms with Crippen molar-refractivity contribution in [3.8, 4) is 12.3 Å². The third-order valence-electron chi connectivity index (χ3n) is 5.56. The highest BCUT2D eigenvalue weighted by Gasteiger charge is 2.35. The van der Waals surface area contributed by atoms with E-state index in [1.165, 1.54) is 38.8 Å². The zero-order valence-corrected chi connectivity index (χ0v) is 13.7. The quantitative estimate of drug-likeness (QED) is 0.740. The standard InChI is InChI=1S/C18H29N3O/c1-2-10-20-13-4-3-9-17(20)18(22)21-14-7-8-16(15-21)19-11-5-6-12-19/h1,16-17H,3-15H2/t16-,17+/m1/s1. The zero-order valence-electron chi connectivity index (χ0n) is 13.7. The average molecular weight is 303 g/mol. The summed E-state index contributed by atoms with van der Waals surface area (Å²) in [5.41, 5.74) is 0. The van der Waals surface area contributed by atoms with Gasteiger partial charge in [-0.3, -0.25) is 14.6 Å². The van der Waals surface area contributed by atoms with Gasteiger partial charge >= 0.3 is 0 Å². The predicted octanol–water partition coefficient (Wildman–Crippen LogP) is 1.56. The molecule has 0 N–H and O–H groups in total. The summed E-state index contributed by atoms with van der Waals surface area (Å²) in [5, 5.41) is 0. The fourth-order valence-corrected chi connectivity index (χ4v) is 4.35. The Balaban J connectivity index is 1.61. The fraction of sp³-hybridized carbons (Fsp3) is 0.833. The lowest BCUT2D eigenvalue weighted by Crippen LogP contribution is -2.55. The minimum Gasteiger partial charge on any atom is -0.340 e. The molecule has 2 atom stereocenters. The second-order valence-electron chi connectivity index (χ2n) is 7.01. The SMILES string of the molecule is C#CCN1CCCC[C@H]1C(=O)N1CCC[C@@H](N2CCCC2)C1. The van der Waals surface area contributed by atoms with E-state index in [9.17, 15) is 4.79 Å². The van der Waals surface area contributed by atoms with Gasteiger partial charge in [-0.15, -0.1) is 6.42 Å². The van der Waals surface area contributed by atoms with E-state index < -0.39 is 0 Å². The first-order valence-electron chi connectivity index (χ1n) is 9.00. The normalized spacial score (nSPS) is 31.1. The summed E-state index contributed by atoms with van der Waals surface area (Å²) >= 11 is 0. The summed E-state index contributed by atoms with van der Waals surface area (Å²) in [4.78, 5) is 19.9. The molecule has 0 unspecified atom stereocenters. The van der Waals surface area contributed by atoms with E-state index in [0.717, 1.165) is 38.9 Å². The van der Waals surface area contributed by atoms with Gasteiger partial charge < -0.3 is 4.90 Å². The number of carbonyl (C=O) groups excluding carboxylic acids is 1. The Morgan fingerprint density at radius 2 is 1.77 bits per heavy atom. The van der Waals surface area contributed by atoms with Crippen LogP contribution in [0.2, 0.25) is 0 Å². The monoisotopic (exact) mass is 303 g/mol. The molecule has 3 aliphatic rings. The maximum absolute atomic E-state index is 13.0. The third-order valence-corrected chi connectivity index (χ3v) is 5.56. The van der Waals surface area contributed by atoms with Crippen LogP contribution in [-0.2, 0) is 4.79 Å². The maximum Gasteiger partial charge on any atom is 0.240 e. The first-order chi connectivity index (χ1) is 10.8. The zero-order chi connectivity index (χ0) is 15.4. The van der Waals surface area contributed by atoms with E-state index in [1.807, 2.05) is 0 Å². The van der Waals surface area contributed by atoms with Gasteiger partial charge in [0.1, 0.15) is 0 Å². The number of carbonyl (C=O) groups is 1. The van der Waals surface area contributed by atoms with Crippen molar-refractivity contribution in [1.82, 2.24) is 14.7 Å². The van der Waals surface area contributed by atoms with Crippen LogP contribution in [0.3, 0.4) is 0 Å². The van der Waals surface area contributed by atoms with Gasteiger partial charge in [-0.25, -0.2) is 0 Å². The van der Waals surface area contributed by atoms with Crippen LogP contribution in [-0.4, -0.2) is 72.0 Å². The van der Waals surface area contributed by atoms with Crippen molar-refractivity contribution in [1.29, 1.82) is 0 Å². The molecule has 0 aromatic rings. The topological polar surface area (TPSA) is 26.8 Å². The van der Waals surface area contributed by atoms with Gasteiger partial charge in [-0.1, -0.05) is 12.3 Å². The molecule has 0 saturated carbocycles. The van der Waals surface area contributed by atoms with Gasteiger partial charge in [0.25, 0.3) is 0 Å². The van der Waals surface area contributed by atoms with Gasteiger partial charge in [-0.2, -0.15) is 0 Å². The molecular formula is C18H29N3O. The first kappa shape index (κ1) is 15.8. The van der Waals surface area contributed by atoms with Crippen molar-refractivity contribution in [2.75, 3.05) is 39.3 Å². The highest BCUT2D eigenvalue weighted by atomic mass is 16.2. The van der Waals surface area contributed by atoms with Gasteiger partial charge in [0.2, 0.25) is 5.91 Å². The second-order valence-corrected chi connectivity index (χ2v) is 7.01. The van der Waals surface area contributed by atoms with Crippen molar-refractivity contribution < 1.29 is 4.79 Å². The van der Waals surface area contributed by atoms with E-state index in [2.05, 4.69) is 20.6 Å². The molecule has 3 aliphatic heterocycles. The van der Waals surface area contributed by atoms with Crippen LogP contribution in [0.25, 0.3) is 0 Å². The van der Waals surface area contributed by atoms with Gasteiger partial charge in [-0.05, 0) is 58.2 Å². The molecule has 0 radical (unpaired) electrons. The number of likely N-dealkylation sites (tertiary alicyclic amines) is 3. The van der Waals surface area contributed by atoms with E-state index in [4.69, 9.17) is 6.42 Å². The van der Waals surface area contributed by atoms with E-state index in [1.54, 1.807) is 0 Å². The van der Waals surface area contributed by atoms with Crippen LogP contribution in [0.4, 0.5) is 0 Å². The molecular weight excluding hydrogens is 274 g/mol. The summed E-state index contributed by atoms with van der Waals surface area (Å²) in [6, 6.07) is 0.618. The highest BCUT2D eigenvalue weighted by molar-refractivity contribution is 5.82. The Kier molecular flexibility index (Phi) is 5.38. The molecule has 3 heterocycles. The van der Waals surface area contributed by atoms with Gasteiger partial charge in [0.15, 0.2) is 0 Å². The number of hydrogen-bond acceptors (Lipinski definition) is 3. The minimum atomic E-state index is 0.0297. The maximum atomic E-state index is 13.0. The lowest BCUT2D eigenvalue weighted by Gasteiger charge is -2.41. The molecule has 3 rings (SSSR count). The Bertz CT molecular complexity index is 425. The molecule has 0 aromatic heterocycles. The van der Waals surface area contributed by atoms with Crippen LogP contribution in [0.15, 0.2) is 0 Å². The van der Waals surface area contributed by atoms with Crippen LogP contribution in [0.1, 0.15) is 44.9 Å². The molecule has 3 saturated heterocycles. The Labute approximate surface area is 134 Å². The lowest BCUT2D eigenvalue weighted by atomic mass is 9.98. The largest absolute Gasteiger partial charge is 0.340 e. The van der Waals surface area contributed by atoms with Crippen molar-refractivity contribution in [3.05, 3.63) is 0 Å². The molecule has 4 heteroatoms. The summed E-state index contributed by atoms with van der Waals surface area (Å²) in [6.07, 6.45) is 13.8. The Morgan fingerprint density at radius 1 is 1.00 bits per heavy atom. The fourth-order valence-electron chi connectivity index (χ4n) is 4.35. The molecule has 0 aliphatic carbocycles. The molecule has 4 nitrogen and oxygen atoms in total. The van der Waals surface area contributed by atoms with E-state index >= 15 is 0 Å². The number of terminal acetylenes is 1. The molecule has 22 heavy (non-hydrogen) atoms. The van der Waals surface area contributed by atoms with Crippen LogP contribution < -0.4 is 0 Å². The van der Waals surface area contributed by atoms with E-state index in [0.29, 0.717) is 18.5 Å². The first-order valence-corrected chi connectivity index (χ1v) is 9.00. The molecule has 3 fully saturated rings. The van der Waals surface area contributed by atoms with Crippen molar-refractivity contribution in [2.24, 2.45) is 0 Å². The number of piperidine rings is 2. The summed E-state index contributed by atoms with van der Waals surface area (Å²) in [5.74, 6) is 3.06. The molecule has 0 aromatic carbocycles. The van der Waals surface area contributed by atoms with Gasteiger partial charge in [0.05, 0.1) is 12.6 Å². The van der Waals surface area contributed by atoms with Crippen molar-refractivity contribution in [3.63, 3.8) is 0 Å². The summed E-state index contributed by atoms with van der Waals surface area (Å²) in [7, 11) is 0. The number of amides is 1. The molecule has 122 valence electrons. The second kappa shape index (κ2) is 7.48. The predicted molar refractivity (Wildman–Crippen MR) is 88.5 cm³/mol. The van der Waals surface area contributed by atoms with Crippen molar-refractivity contribution >= 4 is 5.91 Å². The lowest BCUT2D eigenvalue weighted by molar-refractivity contribution is -0.140. The number of rotatable bonds is 3.